The Kier molecular flexibility index (Phi) is 10.4. The predicted octanol–water partition coefficient (Wildman–Crippen LogP) is 0.907. The van der Waals surface area contributed by atoms with Crippen molar-refractivity contribution in [1.82, 2.24) is 5.48 Å². The van der Waals surface area contributed by atoms with E-state index in [4.69, 9.17) is 9.57 Å². The molecular weight excluding hydrogens is 162 g/mol. The van der Waals surface area contributed by atoms with E-state index in [0.717, 1.165) is 12.3 Å². The summed E-state index contributed by atoms with van der Waals surface area (Å²) in [6.07, 6.45) is 0. The molecule has 68 valence electrons. The fraction of sp³-hybridized carbons (Fsp3) is 1.00. The average Bonchev–Trinajstić information content (AvgIpc) is 2.03. The second-order valence-corrected chi connectivity index (χ2v) is 3.33. The lowest BCUT2D eigenvalue weighted by atomic mass is 10.8. The molecule has 0 aliphatic rings. The minimum atomic E-state index is 0.618. The lowest BCUT2D eigenvalue weighted by Crippen LogP contribution is -2.20. The van der Waals surface area contributed by atoms with Gasteiger partial charge in [-0.1, -0.05) is 6.92 Å². The fourth-order valence-electron chi connectivity index (χ4n) is 0.528. The maximum absolute atomic E-state index is 5.03. The zero-order valence-corrected chi connectivity index (χ0v) is 8.08. The summed E-state index contributed by atoms with van der Waals surface area (Å²) in [7, 11) is 1.66. The van der Waals surface area contributed by atoms with Crippen LogP contribution in [0.1, 0.15) is 6.92 Å². The van der Waals surface area contributed by atoms with E-state index in [1.54, 1.807) is 7.11 Å². The lowest BCUT2D eigenvalue weighted by molar-refractivity contribution is 0.00994. The normalized spacial score (nSPS) is 10.4. The van der Waals surface area contributed by atoms with Gasteiger partial charge in [-0.15, -0.1) is 0 Å². The number of rotatable bonds is 8. The molecule has 1 N–H and O–H groups in total. The van der Waals surface area contributed by atoms with Crippen molar-refractivity contribution in [3.05, 3.63) is 0 Å². The molecule has 0 aliphatic heterocycles. The number of hydrogen-bond donors (Lipinski definition) is 1. The largest absolute Gasteiger partial charge is 0.382 e. The molecule has 0 spiro atoms. The van der Waals surface area contributed by atoms with Gasteiger partial charge in [0.1, 0.15) is 0 Å². The minimum Gasteiger partial charge on any atom is -0.382 e. The van der Waals surface area contributed by atoms with Gasteiger partial charge in [0.05, 0.1) is 13.2 Å². The van der Waals surface area contributed by atoms with Crippen molar-refractivity contribution in [2.24, 2.45) is 0 Å². The molecule has 0 aromatic rings. The molecule has 0 saturated heterocycles. The summed E-state index contributed by atoms with van der Waals surface area (Å²) in [6, 6.07) is 0. The van der Waals surface area contributed by atoms with Crippen LogP contribution < -0.4 is 5.48 Å². The second kappa shape index (κ2) is 10.2. The highest BCUT2D eigenvalue weighted by Gasteiger charge is 1.86. The van der Waals surface area contributed by atoms with Gasteiger partial charge in [-0.05, 0) is 5.75 Å². The summed E-state index contributed by atoms with van der Waals surface area (Å²) in [5, 5.41) is 0. The van der Waals surface area contributed by atoms with Crippen LogP contribution in [-0.2, 0) is 9.57 Å². The summed E-state index contributed by atoms with van der Waals surface area (Å²) >= 11 is 1.90. The van der Waals surface area contributed by atoms with Crippen LogP contribution in [-0.4, -0.2) is 38.4 Å². The standard InChI is InChI=1S/C7H17NO2S/c1-3-11-7-4-8-10-6-5-9-2/h8H,3-7H2,1-2H3. The molecule has 0 atom stereocenters. The molecule has 0 amide bonds. The Morgan fingerprint density at radius 3 is 2.82 bits per heavy atom. The van der Waals surface area contributed by atoms with Gasteiger partial charge in [0.25, 0.3) is 0 Å². The first kappa shape index (κ1) is 11.2. The summed E-state index contributed by atoms with van der Waals surface area (Å²) in [5.41, 5.74) is 2.85. The first-order valence-electron chi connectivity index (χ1n) is 3.83. The van der Waals surface area contributed by atoms with Crippen molar-refractivity contribution in [2.45, 2.75) is 6.92 Å². The molecule has 0 aromatic carbocycles. The monoisotopic (exact) mass is 179 g/mol. The van der Waals surface area contributed by atoms with Crippen LogP contribution in [0, 0.1) is 0 Å². The van der Waals surface area contributed by atoms with Crippen LogP contribution in [0.5, 0.6) is 0 Å². The van der Waals surface area contributed by atoms with Crippen LogP contribution in [0.15, 0.2) is 0 Å². The molecule has 0 unspecified atom stereocenters. The van der Waals surface area contributed by atoms with Gasteiger partial charge in [-0.2, -0.15) is 11.8 Å². The topological polar surface area (TPSA) is 30.5 Å². The Morgan fingerprint density at radius 2 is 2.18 bits per heavy atom. The summed E-state index contributed by atoms with van der Waals surface area (Å²) < 4.78 is 4.80. The number of thioether (sulfide) groups is 1. The molecule has 11 heavy (non-hydrogen) atoms. The lowest BCUT2D eigenvalue weighted by Gasteiger charge is -2.03. The molecular formula is C7H17NO2S. The Morgan fingerprint density at radius 1 is 1.36 bits per heavy atom. The van der Waals surface area contributed by atoms with Gasteiger partial charge in [0.15, 0.2) is 0 Å². The maximum atomic E-state index is 5.03. The molecule has 0 heterocycles. The van der Waals surface area contributed by atoms with Crippen molar-refractivity contribution >= 4 is 11.8 Å². The van der Waals surface area contributed by atoms with E-state index in [1.807, 2.05) is 11.8 Å². The van der Waals surface area contributed by atoms with E-state index < -0.39 is 0 Å². The third-order valence-electron chi connectivity index (χ3n) is 1.04. The Bertz CT molecular complexity index is 65.5. The molecule has 0 aromatic heterocycles. The molecule has 0 fully saturated rings. The van der Waals surface area contributed by atoms with Crippen LogP contribution >= 0.6 is 11.8 Å². The van der Waals surface area contributed by atoms with Crippen LogP contribution in [0.25, 0.3) is 0 Å². The van der Waals surface area contributed by atoms with Crippen LogP contribution in [0.4, 0.5) is 0 Å². The van der Waals surface area contributed by atoms with Crippen molar-refractivity contribution in [1.29, 1.82) is 0 Å². The van der Waals surface area contributed by atoms with E-state index in [-0.39, 0.29) is 0 Å². The van der Waals surface area contributed by atoms with E-state index in [2.05, 4.69) is 12.4 Å². The Balaban J connectivity index is 2.69. The highest BCUT2D eigenvalue weighted by atomic mass is 32.2. The van der Waals surface area contributed by atoms with Gasteiger partial charge in [0.2, 0.25) is 0 Å². The Labute approximate surface area is 72.8 Å². The quantitative estimate of drug-likeness (QED) is 0.443. The smallest absolute Gasteiger partial charge is 0.0915 e. The molecule has 3 nitrogen and oxygen atoms in total. The van der Waals surface area contributed by atoms with Gasteiger partial charge in [-0.25, -0.2) is 5.48 Å². The van der Waals surface area contributed by atoms with E-state index in [1.165, 1.54) is 5.75 Å². The zero-order valence-electron chi connectivity index (χ0n) is 7.26. The number of methoxy groups -OCH3 is 1. The molecule has 0 radical (unpaired) electrons. The highest BCUT2D eigenvalue weighted by Crippen LogP contribution is 1.94. The summed E-state index contributed by atoms with van der Waals surface area (Å²) in [4.78, 5) is 5.03. The predicted molar refractivity (Wildman–Crippen MR) is 48.8 cm³/mol. The first-order valence-corrected chi connectivity index (χ1v) is 4.98. The highest BCUT2D eigenvalue weighted by molar-refractivity contribution is 7.99. The molecule has 0 saturated carbocycles. The van der Waals surface area contributed by atoms with E-state index in [9.17, 15) is 0 Å². The van der Waals surface area contributed by atoms with Gasteiger partial charge in [0, 0.05) is 19.4 Å². The molecule has 4 heteroatoms. The van der Waals surface area contributed by atoms with Crippen LogP contribution in [0.2, 0.25) is 0 Å². The van der Waals surface area contributed by atoms with Crippen molar-refractivity contribution in [3.63, 3.8) is 0 Å². The van der Waals surface area contributed by atoms with Crippen molar-refractivity contribution in [3.8, 4) is 0 Å². The Hall–Kier alpha value is 0.230. The van der Waals surface area contributed by atoms with Gasteiger partial charge >= 0.3 is 0 Å². The van der Waals surface area contributed by atoms with Crippen molar-refractivity contribution in [2.75, 3.05) is 38.4 Å². The number of nitrogens with one attached hydrogen (secondary N) is 1. The SMILES string of the molecule is CCSCCNOCCOC. The molecule has 0 bridgehead atoms. The second-order valence-electron chi connectivity index (χ2n) is 1.93. The number of hydroxylamine groups is 1. The molecule has 0 aliphatic carbocycles. The first-order chi connectivity index (χ1) is 5.41. The average molecular weight is 179 g/mol. The maximum Gasteiger partial charge on any atom is 0.0915 e. The van der Waals surface area contributed by atoms with Gasteiger partial charge in [-0.3, -0.25) is 4.84 Å². The third-order valence-corrected chi connectivity index (χ3v) is 1.95. The van der Waals surface area contributed by atoms with E-state index in [0.29, 0.717) is 13.2 Å². The van der Waals surface area contributed by atoms with Gasteiger partial charge < -0.3 is 4.74 Å². The fourth-order valence-corrected chi connectivity index (χ4v) is 1.04. The molecule has 0 rings (SSSR count). The number of hydrogen-bond acceptors (Lipinski definition) is 4. The summed E-state index contributed by atoms with van der Waals surface area (Å²) in [6.45, 7) is 4.32. The van der Waals surface area contributed by atoms with E-state index >= 15 is 0 Å². The zero-order chi connectivity index (χ0) is 8.36. The minimum absolute atomic E-state index is 0.618. The third kappa shape index (κ3) is 10.2. The number of ether oxygens (including phenoxy) is 1. The van der Waals surface area contributed by atoms with Crippen molar-refractivity contribution < 1.29 is 9.57 Å². The summed E-state index contributed by atoms with van der Waals surface area (Å²) in [5.74, 6) is 2.27. The van der Waals surface area contributed by atoms with Crippen LogP contribution in [0.3, 0.4) is 0 Å².